The highest BCUT2D eigenvalue weighted by Gasteiger charge is 2.25. The Kier molecular flexibility index (Phi) is 3.41. The first-order valence-corrected chi connectivity index (χ1v) is 7.61. The molecule has 0 amide bonds. The minimum Gasteiger partial charge on any atom is -0.472 e. The first-order chi connectivity index (χ1) is 9.16. The van der Waals surface area contributed by atoms with Gasteiger partial charge in [0.25, 0.3) is 0 Å². The summed E-state index contributed by atoms with van der Waals surface area (Å²) in [7, 11) is 0. The molecular weight excluding hydrogens is 258 g/mol. The van der Waals surface area contributed by atoms with Crippen LogP contribution in [0.3, 0.4) is 0 Å². The van der Waals surface area contributed by atoms with Gasteiger partial charge in [-0.25, -0.2) is 9.97 Å². The van der Waals surface area contributed by atoms with Gasteiger partial charge in [-0.15, -0.1) is 11.3 Å². The molecule has 102 valence electrons. The van der Waals surface area contributed by atoms with Crippen LogP contribution in [0.15, 0.2) is 6.33 Å². The lowest BCUT2D eigenvalue weighted by molar-refractivity contribution is 0.128. The van der Waals surface area contributed by atoms with E-state index in [0.717, 1.165) is 23.1 Å². The largest absolute Gasteiger partial charge is 0.472 e. The van der Waals surface area contributed by atoms with Crippen LogP contribution in [0.25, 0.3) is 10.2 Å². The highest BCUT2D eigenvalue weighted by atomic mass is 32.1. The fourth-order valence-corrected chi connectivity index (χ4v) is 3.64. The normalized spacial score (nSPS) is 23.7. The average Bonchev–Trinajstić information content (AvgIpc) is 2.69. The van der Waals surface area contributed by atoms with Crippen molar-refractivity contribution in [3.8, 4) is 5.88 Å². The second-order valence-electron chi connectivity index (χ2n) is 5.25. The molecule has 0 aliphatic heterocycles. The fourth-order valence-electron chi connectivity index (χ4n) is 2.65. The summed E-state index contributed by atoms with van der Waals surface area (Å²) in [5.41, 5.74) is 7.37. The minimum atomic E-state index is 0.0893. The molecule has 2 aromatic rings. The van der Waals surface area contributed by atoms with Crippen molar-refractivity contribution < 1.29 is 4.74 Å². The van der Waals surface area contributed by atoms with Crippen LogP contribution in [-0.2, 0) is 0 Å². The number of hydrogen-bond acceptors (Lipinski definition) is 5. The monoisotopic (exact) mass is 277 g/mol. The maximum Gasteiger partial charge on any atom is 0.225 e. The third-order valence-electron chi connectivity index (χ3n) is 3.95. The van der Waals surface area contributed by atoms with Gasteiger partial charge in [-0.2, -0.15) is 0 Å². The van der Waals surface area contributed by atoms with E-state index in [1.165, 1.54) is 23.3 Å². The van der Waals surface area contributed by atoms with Gasteiger partial charge < -0.3 is 10.5 Å². The van der Waals surface area contributed by atoms with Crippen LogP contribution in [0.4, 0.5) is 0 Å². The molecule has 0 saturated heterocycles. The second-order valence-corrected chi connectivity index (χ2v) is 6.45. The summed E-state index contributed by atoms with van der Waals surface area (Å²) in [5.74, 6) is 0.703. The highest BCUT2D eigenvalue weighted by molar-refractivity contribution is 7.18. The number of fused-ring (bicyclic) bond motifs is 1. The number of nitrogens with zero attached hydrogens (tertiary/aromatic N) is 2. The molecule has 0 radical (unpaired) electrons. The van der Waals surface area contributed by atoms with Crippen LogP contribution in [-0.4, -0.2) is 22.1 Å². The maximum atomic E-state index is 6.15. The zero-order chi connectivity index (χ0) is 13.4. The van der Waals surface area contributed by atoms with E-state index in [0.29, 0.717) is 5.88 Å². The molecule has 2 aromatic heterocycles. The lowest BCUT2D eigenvalue weighted by atomic mass is 9.93. The summed E-state index contributed by atoms with van der Waals surface area (Å²) in [6.07, 6.45) is 6.13. The Morgan fingerprint density at radius 2 is 2.05 bits per heavy atom. The van der Waals surface area contributed by atoms with Crippen LogP contribution < -0.4 is 10.5 Å². The van der Waals surface area contributed by atoms with Gasteiger partial charge >= 0.3 is 0 Å². The van der Waals surface area contributed by atoms with Crippen molar-refractivity contribution in [3.05, 3.63) is 16.8 Å². The molecule has 1 fully saturated rings. The van der Waals surface area contributed by atoms with Gasteiger partial charge in [0.05, 0.1) is 5.39 Å². The Morgan fingerprint density at radius 3 is 2.84 bits per heavy atom. The topological polar surface area (TPSA) is 61.0 Å². The van der Waals surface area contributed by atoms with Crippen LogP contribution in [0.1, 0.15) is 36.1 Å². The first-order valence-electron chi connectivity index (χ1n) is 6.79. The number of nitrogens with two attached hydrogens (primary N) is 1. The van der Waals surface area contributed by atoms with Crippen molar-refractivity contribution in [1.29, 1.82) is 0 Å². The average molecular weight is 277 g/mol. The summed E-state index contributed by atoms with van der Waals surface area (Å²) >= 11 is 1.69. The fraction of sp³-hybridized carbons (Fsp3) is 0.571. The van der Waals surface area contributed by atoms with Crippen molar-refractivity contribution in [3.63, 3.8) is 0 Å². The van der Waals surface area contributed by atoms with Gasteiger partial charge in [-0.3, -0.25) is 0 Å². The number of ether oxygens (including phenoxy) is 1. The summed E-state index contributed by atoms with van der Waals surface area (Å²) in [6, 6.07) is 0.124. The SMILES string of the molecule is Cc1sc2ncnc(OC3CCCCC3N)c2c1C. The van der Waals surface area contributed by atoms with Crippen LogP contribution in [0.5, 0.6) is 5.88 Å². The lowest BCUT2D eigenvalue weighted by Gasteiger charge is -2.28. The number of rotatable bonds is 2. The summed E-state index contributed by atoms with van der Waals surface area (Å²) < 4.78 is 6.11. The summed E-state index contributed by atoms with van der Waals surface area (Å²) in [5, 5.41) is 1.06. The van der Waals surface area contributed by atoms with Gasteiger partial charge in [0.2, 0.25) is 5.88 Å². The Morgan fingerprint density at radius 1 is 1.26 bits per heavy atom. The molecule has 1 aliphatic carbocycles. The molecule has 3 rings (SSSR count). The van der Waals surface area contributed by atoms with E-state index in [-0.39, 0.29) is 12.1 Å². The van der Waals surface area contributed by atoms with E-state index in [2.05, 4.69) is 23.8 Å². The number of hydrogen-bond donors (Lipinski definition) is 1. The molecule has 0 aromatic carbocycles. The molecular formula is C14H19N3OS. The zero-order valence-corrected chi connectivity index (χ0v) is 12.2. The minimum absolute atomic E-state index is 0.0893. The molecule has 5 heteroatoms. The predicted molar refractivity (Wildman–Crippen MR) is 77.7 cm³/mol. The third-order valence-corrected chi connectivity index (χ3v) is 5.06. The van der Waals surface area contributed by atoms with Crippen LogP contribution in [0.2, 0.25) is 0 Å². The Labute approximate surface area is 117 Å². The number of aromatic nitrogens is 2. The van der Waals surface area contributed by atoms with Crippen LogP contribution >= 0.6 is 11.3 Å². The van der Waals surface area contributed by atoms with E-state index >= 15 is 0 Å². The molecule has 1 saturated carbocycles. The molecule has 0 bridgehead atoms. The van der Waals surface area contributed by atoms with E-state index < -0.39 is 0 Å². The summed E-state index contributed by atoms with van der Waals surface area (Å²) in [4.78, 5) is 10.9. The second kappa shape index (κ2) is 5.06. The van der Waals surface area contributed by atoms with E-state index in [1.54, 1.807) is 17.7 Å². The molecule has 0 spiro atoms. The third kappa shape index (κ3) is 2.32. The van der Waals surface area contributed by atoms with E-state index in [9.17, 15) is 0 Å². The maximum absolute atomic E-state index is 6.15. The van der Waals surface area contributed by atoms with Crippen molar-refractivity contribution in [2.75, 3.05) is 0 Å². The molecule has 19 heavy (non-hydrogen) atoms. The molecule has 4 nitrogen and oxygen atoms in total. The van der Waals surface area contributed by atoms with E-state index in [4.69, 9.17) is 10.5 Å². The van der Waals surface area contributed by atoms with Crippen LogP contribution in [0, 0.1) is 13.8 Å². The van der Waals surface area contributed by atoms with Gasteiger partial charge in [0.15, 0.2) is 0 Å². The van der Waals surface area contributed by atoms with Gasteiger partial charge in [0, 0.05) is 10.9 Å². The lowest BCUT2D eigenvalue weighted by Crippen LogP contribution is -2.41. The number of thiophene rings is 1. The van der Waals surface area contributed by atoms with Gasteiger partial charge in [-0.1, -0.05) is 6.42 Å². The molecule has 2 N–H and O–H groups in total. The standard InChI is InChI=1S/C14H19N3OS/c1-8-9(2)19-14-12(8)13(16-7-17-14)18-11-6-4-3-5-10(11)15/h7,10-11H,3-6,15H2,1-2H3. The van der Waals surface area contributed by atoms with Gasteiger partial charge in [0.1, 0.15) is 17.3 Å². The van der Waals surface area contributed by atoms with Crippen molar-refractivity contribution in [1.82, 2.24) is 9.97 Å². The molecule has 2 unspecified atom stereocenters. The Hall–Kier alpha value is -1.20. The van der Waals surface area contributed by atoms with Crippen molar-refractivity contribution in [2.45, 2.75) is 51.7 Å². The van der Waals surface area contributed by atoms with Gasteiger partial charge in [-0.05, 0) is 38.7 Å². The molecule has 1 aliphatic rings. The smallest absolute Gasteiger partial charge is 0.225 e. The number of aryl methyl sites for hydroxylation is 2. The zero-order valence-electron chi connectivity index (χ0n) is 11.3. The summed E-state index contributed by atoms with van der Waals surface area (Å²) in [6.45, 7) is 4.21. The molecule has 2 heterocycles. The quantitative estimate of drug-likeness (QED) is 0.916. The van der Waals surface area contributed by atoms with Crippen molar-refractivity contribution in [2.24, 2.45) is 5.73 Å². The van der Waals surface area contributed by atoms with E-state index in [1.807, 2.05) is 0 Å². The molecule has 2 atom stereocenters. The Balaban J connectivity index is 1.96. The predicted octanol–water partition coefficient (Wildman–Crippen LogP) is 2.96. The Bertz CT molecular complexity index is 596. The van der Waals surface area contributed by atoms with Crippen molar-refractivity contribution >= 4 is 21.6 Å². The first kappa shape index (κ1) is 12.8. The highest BCUT2D eigenvalue weighted by Crippen LogP contribution is 2.35.